The number of aromatic nitrogens is 2. The molecule has 4 nitrogen and oxygen atoms in total. The molecule has 0 unspecified atom stereocenters. The van der Waals surface area contributed by atoms with Gasteiger partial charge in [-0.2, -0.15) is 21.5 Å². The van der Waals surface area contributed by atoms with Gasteiger partial charge in [0, 0.05) is 16.3 Å². The number of nitrogens with zero attached hydrogens (tertiary/aromatic N) is 2. The molecule has 2 aromatic rings. The molecule has 23 heavy (non-hydrogen) atoms. The Morgan fingerprint density at radius 1 is 1.35 bits per heavy atom. The third kappa shape index (κ3) is 3.48. The molecule has 0 aliphatic heterocycles. The lowest BCUT2D eigenvalue weighted by atomic mass is 10.3. The highest BCUT2D eigenvalue weighted by molar-refractivity contribution is 8.00. The summed E-state index contributed by atoms with van der Waals surface area (Å²) in [5.41, 5.74) is 0.561. The maximum Gasteiger partial charge on any atom is 0.292 e. The predicted molar refractivity (Wildman–Crippen MR) is 98.8 cm³/mol. The first kappa shape index (κ1) is 17.0. The molecule has 0 saturated heterocycles. The Labute approximate surface area is 153 Å². The number of rotatable bonds is 5. The first-order valence-corrected chi connectivity index (χ1v) is 9.34. The van der Waals surface area contributed by atoms with Crippen molar-refractivity contribution in [2.45, 2.75) is 17.6 Å². The second kappa shape index (κ2) is 6.55. The fourth-order valence-electron chi connectivity index (χ4n) is 2.23. The van der Waals surface area contributed by atoms with Gasteiger partial charge in [-0.1, -0.05) is 34.8 Å². The van der Waals surface area contributed by atoms with Crippen molar-refractivity contribution < 1.29 is 0 Å². The average Bonchev–Trinajstić information content (AvgIpc) is 3.30. The fourth-order valence-corrected chi connectivity index (χ4v) is 3.64. The van der Waals surface area contributed by atoms with Crippen LogP contribution in [0.25, 0.3) is 5.69 Å². The van der Waals surface area contributed by atoms with Gasteiger partial charge in [0.1, 0.15) is 5.02 Å². The van der Waals surface area contributed by atoms with Gasteiger partial charge in [0.05, 0.1) is 22.6 Å². The first-order valence-electron chi connectivity index (χ1n) is 6.98. The standard InChI is InChI=1S/C15H14Cl3N3OS/c1-23-15(4-5-15)8-19-11-7-20-21(14(22)13(11)18)12-3-2-9(16)6-10(12)17/h2-3,6-7,19H,4-5,8H2,1H3. The molecule has 8 heteroatoms. The molecular weight excluding hydrogens is 377 g/mol. The average molecular weight is 391 g/mol. The van der Waals surface area contributed by atoms with Crippen LogP contribution in [-0.2, 0) is 0 Å². The van der Waals surface area contributed by atoms with Crippen molar-refractivity contribution in [3.8, 4) is 5.69 Å². The van der Waals surface area contributed by atoms with Crippen LogP contribution in [0, 0.1) is 0 Å². The maximum atomic E-state index is 12.5. The van der Waals surface area contributed by atoms with Gasteiger partial charge < -0.3 is 5.32 Å². The molecule has 1 fully saturated rings. The molecule has 1 heterocycles. The second-order valence-electron chi connectivity index (χ2n) is 5.43. The Bertz CT molecular complexity index is 805. The Balaban J connectivity index is 1.90. The number of nitrogens with one attached hydrogen (secondary N) is 1. The third-order valence-electron chi connectivity index (χ3n) is 3.90. The van der Waals surface area contributed by atoms with Gasteiger partial charge >= 0.3 is 0 Å². The largest absolute Gasteiger partial charge is 0.381 e. The van der Waals surface area contributed by atoms with Crippen molar-refractivity contribution in [3.05, 3.63) is 49.8 Å². The minimum Gasteiger partial charge on any atom is -0.381 e. The summed E-state index contributed by atoms with van der Waals surface area (Å²) in [5, 5.41) is 8.32. The zero-order chi connectivity index (χ0) is 16.6. The number of halogens is 3. The Morgan fingerprint density at radius 3 is 2.70 bits per heavy atom. The lowest BCUT2D eigenvalue weighted by molar-refractivity contribution is 0.806. The van der Waals surface area contributed by atoms with Crippen LogP contribution >= 0.6 is 46.6 Å². The monoisotopic (exact) mass is 389 g/mol. The third-order valence-corrected chi connectivity index (χ3v) is 6.22. The SMILES string of the molecule is CSC1(CNc2cnn(-c3ccc(Cl)cc3Cl)c(=O)c2Cl)CC1. The second-order valence-corrected chi connectivity index (χ2v) is 7.92. The number of anilines is 1. The lowest BCUT2D eigenvalue weighted by Gasteiger charge is -2.15. The smallest absolute Gasteiger partial charge is 0.292 e. The molecule has 3 rings (SSSR count). The van der Waals surface area contributed by atoms with E-state index in [9.17, 15) is 4.79 Å². The Morgan fingerprint density at radius 2 is 2.09 bits per heavy atom. The van der Waals surface area contributed by atoms with Crippen molar-refractivity contribution in [1.82, 2.24) is 9.78 Å². The minimum atomic E-state index is -0.421. The van der Waals surface area contributed by atoms with E-state index in [-0.39, 0.29) is 9.77 Å². The summed E-state index contributed by atoms with van der Waals surface area (Å²) in [5.74, 6) is 0. The zero-order valence-electron chi connectivity index (χ0n) is 12.3. The van der Waals surface area contributed by atoms with Crippen LogP contribution in [0.2, 0.25) is 15.1 Å². The van der Waals surface area contributed by atoms with Gasteiger partial charge in [0.25, 0.3) is 5.56 Å². The van der Waals surface area contributed by atoms with Crippen molar-refractivity contribution in [2.24, 2.45) is 0 Å². The highest BCUT2D eigenvalue weighted by atomic mass is 35.5. The van der Waals surface area contributed by atoms with Gasteiger partial charge in [0.2, 0.25) is 0 Å². The van der Waals surface area contributed by atoms with Crippen LogP contribution < -0.4 is 10.9 Å². The molecular formula is C15H14Cl3N3OS. The van der Waals surface area contributed by atoms with Crippen LogP contribution in [-0.4, -0.2) is 27.3 Å². The molecule has 122 valence electrons. The molecule has 1 aliphatic carbocycles. The van der Waals surface area contributed by atoms with Crippen LogP contribution in [0.3, 0.4) is 0 Å². The molecule has 0 bridgehead atoms. The number of hydrogen-bond donors (Lipinski definition) is 1. The van der Waals surface area contributed by atoms with E-state index < -0.39 is 5.56 Å². The number of hydrogen-bond acceptors (Lipinski definition) is 4. The Hall–Kier alpha value is -0.880. The van der Waals surface area contributed by atoms with Gasteiger partial charge in [-0.25, -0.2) is 0 Å². The van der Waals surface area contributed by atoms with E-state index in [1.165, 1.54) is 17.5 Å². The molecule has 0 amide bonds. The van der Waals surface area contributed by atoms with Crippen molar-refractivity contribution in [1.29, 1.82) is 0 Å². The van der Waals surface area contributed by atoms with Crippen molar-refractivity contribution >= 4 is 52.3 Å². The maximum absolute atomic E-state index is 12.5. The molecule has 0 spiro atoms. The predicted octanol–water partition coefficient (Wildman–Crippen LogP) is 4.50. The lowest BCUT2D eigenvalue weighted by Crippen LogP contribution is -2.25. The van der Waals surface area contributed by atoms with E-state index in [1.807, 2.05) is 11.8 Å². The van der Waals surface area contributed by atoms with Crippen LogP contribution in [0.15, 0.2) is 29.2 Å². The molecule has 0 atom stereocenters. The van der Waals surface area contributed by atoms with Crippen molar-refractivity contribution in [3.63, 3.8) is 0 Å². The Kier molecular flexibility index (Phi) is 4.83. The van der Waals surface area contributed by atoms with Crippen LogP contribution in [0.5, 0.6) is 0 Å². The summed E-state index contributed by atoms with van der Waals surface area (Å²) in [7, 11) is 0. The molecule has 1 aromatic carbocycles. The topological polar surface area (TPSA) is 46.9 Å². The molecule has 0 radical (unpaired) electrons. The van der Waals surface area contributed by atoms with E-state index in [0.717, 1.165) is 6.54 Å². The summed E-state index contributed by atoms with van der Waals surface area (Å²) < 4.78 is 1.44. The quantitative estimate of drug-likeness (QED) is 0.816. The minimum absolute atomic E-state index is 0.0999. The van der Waals surface area contributed by atoms with E-state index in [2.05, 4.69) is 16.7 Å². The van der Waals surface area contributed by atoms with E-state index in [1.54, 1.807) is 24.4 Å². The summed E-state index contributed by atoms with van der Waals surface area (Å²) in [6.45, 7) is 0.765. The highest BCUT2D eigenvalue weighted by Gasteiger charge is 2.41. The highest BCUT2D eigenvalue weighted by Crippen LogP contribution is 2.47. The van der Waals surface area contributed by atoms with E-state index in [4.69, 9.17) is 34.8 Å². The van der Waals surface area contributed by atoms with Crippen LogP contribution in [0.4, 0.5) is 5.69 Å². The molecule has 1 aromatic heterocycles. The zero-order valence-corrected chi connectivity index (χ0v) is 15.4. The van der Waals surface area contributed by atoms with Gasteiger partial charge in [-0.05, 0) is 37.3 Å². The van der Waals surface area contributed by atoms with Gasteiger partial charge in [0.15, 0.2) is 0 Å². The van der Waals surface area contributed by atoms with E-state index in [0.29, 0.717) is 21.4 Å². The number of thioether (sulfide) groups is 1. The first-order chi connectivity index (χ1) is 11.0. The summed E-state index contributed by atoms with van der Waals surface area (Å²) in [6, 6.07) is 4.84. The van der Waals surface area contributed by atoms with Gasteiger partial charge in [-0.15, -0.1) is 0 Å². The molecule has 1 aliphatic rings. The van der Waals surface area contributed by atoms with Gasteiger partial charge in [-0.3, -0.25) is 4.79 Å². The normalized spacial score (nSPS) is 15.5. The summed E-state index contributed by atoms with van der Waals surface area (Å²) >= 11 is 20.0. The molecule has 1 N–H and O–H groups in total. The molecule has 1 saturated carbocycles. The van der Waals surface area contributed by atoms with Crippen LogP contribution in [0.1, 0.15) is 12.8 Å². The van der Waals surface area contributed by atoms with Crippen molar-refractivity contribution in [2.75, 3.05) is 18.1 Å². The number of benzene rings is 1. The van der Waals surface area contributed by atoms with E-state index >= 15 is 0 Å². The summed E-state index contributed by atoms with van der Waals surface area (Å²) in [4.78, 5) is 12.5. The summed E-state index contributed by atoms with van der Waals surface area (Å²) in [6.07, 6.45) is 5.98. The fraction of sp³-hybridized carbons (Fsp3) is 0.333.